The van der Waals surface area contributed by atoms with Crippen LogP contribution in [-0.2, 0) is 4.74 Å². The lowest BCUT2D eigenvalue weighted by Gasteiger charge is -2.16. The largest absolute Gasteiger partial charge is 0.489 e. The highest BCUT2D eigenvalue weighted by Gasteiger charge is 2.28. The van der Waals surface area contributed by atoms with Crippen molar-refractivity contribution in [3.8, 4) is 0 Å². The number of carbonyl (C=O) groups is 2. The van der Waals surface area contributed by atoms with E-state index < -0.39 is 0 Å². The maximum atomic E-state index is 12.1. The summed E-state index contributed by atoms with van der Waals surface area (Å²) >= 11 is 3.29. The number of fused-ring (bicyclic) bond motifs is 1. The van der Waals surface area contributed by atoms with Crippen LogP contribution in [0.1, 0.15) is 34.1 Å². The Balaban J connectivity index is 2.44. The summed E-state index contributed by atoms with van der Waals surface area (Å²) in [7, 11) is 0. The van der Waals surface area contributed by atoms with E-state index in [1.54, 1.807) is 18.2 Å². The minimum absolute atomic E-state index is 0.135. The summed E-state index contributed by atoms with van der Waals surface area (Å²) in [5.41, 5.74) is 0.819. The van der Waals surface area contributed by atoms with Gasteiger partial charge in [0.05, 0.1) is 12.2 Å². The van der Waals surface area contributed by atoms with E-state index in [2.05, 4.69) is 15.9 Å². The number of benzene rings is 1. The third kappa shape index (κ3) is 2.17. The van der Waals surface area contributed by atoms with Crippen molar-refractivity contribution in [3.05, 3.63) is 45.6 Å². The van der Waals surface area contributed by atoms with E-state index in [-0.39, 0.29) is 17.3 Å². The fraction of sp³-hybridized carbons (Fsp3) is 0.231. The van der Waals surface area contributed by atoms with Crippen LogP contribution in [0.15, 0.2) is 34.5 Å². The fourth-order valence-electron chi connectivity index (χ4n) is 1.67. The summed E-state index contributed by atoms with van der Waals surface area (Å²) in [5.74, 6) is -0.288. The van der Waals surface area contributed by atoms with Crippen molar-refractivity contribution in [1.29, 1.82) is 0 Å². The molecule has 0 amide bonds. The van der Waals surface area contributed by atoms with E-state index in [9.17, 15) is 9.59 Å². The molecule has 0 aromatic heterocycles. The molecule has 0 N–H and O–H groups in total. The number of ketones is 2. The highest BCUT2D eigenvalue weighted by Crippen LogP contribution is 2.28. The van der Waals surface area contributed by atoms with E-state index in [0.29, 0.717) is 22.2 Å². The molecule has 1 aromatic carbocycles. The number of Topliss-reactive ketones (excluding diaryl/α,β-unsaturated/α-hetero) is 1. The van der Waals surface area contributed by atoms with Gasteiger partial charge >= 0.3 is 0 Å². The van der Waals surface area contributed by atoms with Crippen molar-refractivity contribution >= 4 is 27.5 Å². The van der Waals surface area contributed by atoms with Crippen LogP contribution >= 0.6 is 15.9 Å². The van der Waals surface area contributed by atoms with Gasteiger partial charge in [-0.3, -0.25) is 9.59 Å². The monoisotopic (exact) mass is 294 g/mol. The molecule has 88 valence electrons. The Hall–Kier alpha value is -1.42. The summed E-state index contributed by atoms with van der Waals surface area (Å²) in [4.78, 5) is 23.9. The van der Waals surface area contributed by atoms with Gasteiger partial charge in [0.1, 0.15) is 0 Å². The lowest BCUT2D eigenvalue weighted by Crippen LogP contribution is -2.19. The van der Waals surface area contributed by atoms with E-state index in [1.165, 1.54) is 6.08 Å². The van der Waals surface area contributed by atoms with Gasteiger partial charge in [-0.1, -0.05) is 35.0 Å². The van der Waals surface area contributed by atoms with Gasteiger partial charge in [0.15, 0.2) is 11.5 Å². The smallest absolute Gasteiger partial charge is 0.229 e. The molecule has 0 spiro atoms. The third-order valence-electron chi connectivity index (χ3n) is 2.45. The number of hydrogen-bond donors (Lipinski definition) is 0. The maximum Gasteiger partial charge on any atom is 0.229 e. The van der Waals surface area contributed by atoms with Gasteiger partial charge in [0.25, 0.3) is 0 Å². The molecule has 0 fully saturated rings. The van der Waals surface area contributed by atoms with Crippen LogP contribution in [0, 0.1) is 0 Å². The van der Waals surface area contributed by atoms with E-state index in [4.69, 9.17) is 4.74 Å². The molecular weight excluding hydrogens is 284 g/mol. The number of hydrogen-bond acceptors (Lipinski definition) is 3. The molecule has 0 heterocycles. The predicted molar refractivity (Wildman–Crippen MR) is 67.1 cm³/mol. The van der Waals surface area contributed by atoms with Crippen molar-refractivity contribution in [1.82, 2.24) is 0 Å². The fourth-order valence-corrected chi connectivity index (χ4v) is 2.21. The third-order valence-corrected chi connectivity index (χ3v) is 3.11. The topological polar surface area (TPSA) is 43.4 Å². The lowest BCUT2D eigenvalue weighted by molar-refractivity contribution is 0.0882. The van der Waals surface area contributed by atoms with Gasteiger partial charge in [0.2, 0.25) is 5.78 Å². The molecule has 0 atom stereocenters. The normalized spacial score (nSPS) is 14.4. The molecule has 0 unspecified atom stereocenters. The highest BCUT2D eigenvalue weighted by molar-refractivity contribution is 9.10. The molecule has 1 aromatic rings. The summed E-state index contributed by atoms with van der Waals surface area (Å²) in [6, 6.07) is 5.13. The average molecular weight is 295 g/mol. The van der Waals surface area contributed by atoms with Gasteiger partial charge in [-0.2, -0.15) is 0 Å². The van der Waals surface area contributed by atoms with E-state index >= 15 is 0 Å². The zero-order chi connectivity index (χ0) is 12.4. The maximum absolute atomic E-state index is 12.1. The second-order valence-corrected chi connectivity index (χ2v) is 4.57. The molecule has 0 bridgehead atoms. The van der Waals surface area contributed by atoms with E-state index in [1.807, 2.05) is 6.92 Å². The van der Waals surface area contributed by atoms with Crippen LogP contribution in [0.3, 0.4) is 0 Å². The van der Waals surface area contributed by atoms with Crippen molar-refractivity contribution < 1.29 is 14.3 Å². The van der Waals surface area contributed by atoms with Crippen LogP contribution in [-0.4, -0.2) is 18.2 Å². The highest BCUT2D eigenvalue weighted by atomic mass is 79.9. The molecule has 0 saturated heterocycles. The van der Waals surface area contributed by atoms with Crippen molar-refractivity contribution in [2.75, 3.05) is 6.61 Å². The van der Waals surface area contributed by atoms with Crippen molar-refractivity contribution in [2.24, 2.45) is 0 Å². The second kappa shape index (κ2) is 4.84. The van der Waals surface area contributed by atoms with Crippen LogP contribution in [0.2, 0.25) is 0 Å². The Kier molecular flexibility index (Phi) is 3.43. The SMILES string of the molecule is CCCOC1=CC(=O)c2cccc(Br)c2C1=O. The minimum atomic E-state index is -0.236. The molecule has 3 nitrogen and oxygen atoms in total. The van der Waals surface area contributed by atoms with Gasteiger partial charge in [-0.15, -0.1) is 0 Å². The Bertz CT molecular complexity index is 517. The first-order chi connectivity index (χ1) is 8.15. The minimum Gasteiger partial charge on any atom is -0.489 e. The van der Waals surface area contributed by atoms with Crippen LogP contribution in [0.5, 0.6) is 0 Å². The molecule has 0 aliphatic heterocycles. The Morgan fingerprint density at radius 3 is 2.76 bits per heavy atom. The average Bonchev–Trinajstić information content (AvgIpc) is 2.32. The molecule has 0 radical (unpaired) electrons. The van der Waals surface area contributed by atoms with Crippen molar-refractivity contribution in [3.63, 3.8) is 0 Å². The molecule has 1 aliphatic carbocycles. The van der Waals surface area contributed by atoms with Gasteiger partial charge in [-0.25, -0.2) is 0 Å². The second-order valence-electron chi connectivity index (χ2n) is 3.71. The molecule has 0 saturated carbocycles. The zero-order valence-electron chi connectivity index (χ0n) is 9.33. The number of allylic oxidation sites excluding steroid dienone is 2. The molecule has 1 aliphatic rings. The first-order valence-corrected chi connectivity index (χ1v) is 6.16. The Labute approximate surface area is 108 Å². The Morgan fingerprint density at radius 1 is 1.29 bits per heavy atom. The number of carbonyl (C=O) groups excluding carboxylic acids is 2. The summed E-state index contributed by atoms with van der Waals surface area (Å²) in [6.45, 7) is 2.38. The summed E-state index contributed by atoms with van der Waals surface area (Å²) in [6.07, 6.45) is 2.06. The summed E-state index contributed by atoms with van der Waals surface area (Å²) in [5, 5.41) is 0. The predicted octanol–water partition coefficient (Wildman–Crippen LogP) is 3.14. The van der Waals surface area contributed by atoms with Crippen molar-refractivity contribution in [2.45, 2.75) is 13.3 Å². The Morgan fingerprint density at radius 2 is 2.06 bits per heavy atom. The summed E-state index contributed by atoms with van der Waals surface area (Å²) < 4.78 is 5.92. The molecule has 2 rings (SSSR count). The molecule has 4 heteroatoms. The van der Waals surface area contributed by atoms with Gasteiger partial charge < -0.3 is 4.74 Å². The van der Waals surface area contributed by atoms with Crippen LogP contribution in [0.4, 0.5) is 0 Å². The quantitative estimate of drug-likeness (QED) is 0.860. The number of ether oxygens (including phenoxy) is 1. The lowest BCUT2D eigenvalue weighted by atomic mass is 9.94. The van der Waals surface area contributed by atoms with Crippen LogP contribution in [0.25, 0.3) is 0 Å². The number of halogens is 1. The zero-order valence-corrected chi connectivity index (χ0v) is 10.9. The molecule has 17 heavy (non-hydrogen) atoms. The number of rotatable bonds is 3. The van der Waals surface area contributed by atoms with E-state index in [0.717, 1.165) is 6.42 Å². The van der Waals surface area contributed by atoms with Crippen LogP contribution < -0.4 is 0 Å². The first kappa shape index (κ1) is 12.0. The first-order valence-electron chi connectivity index (χ1n) is 5.37. The standard InChI is InChI=1S/C13H11BrO3/c1-2-6-17-11-7-10(15)8-4-3-5-9(14)12(8)13(11)16/h3-5,7H,2,6H2,1H3. The van der Waals surface area contributed by atoms with Gasteiger partial charge in [0, 0.05) is 16.1 Å². The van der Waals surface area contributed by atoms with Gasteiger partial charge in [-0.05, 0) is 12.5 Å². The molecular formula is C13H11BrO3.